The molecule has 0 bridgehead atoms. The lowest BCUT2D eigenvalue weighted by molar-refractivity contribution is -0.728. The number of aryl methyl sites for hydroxylation is 2. The van der Waals surface area contributed by atoms with E-state index < -0.39 is 14.5 Å². The van der Waals surface area contributed by atoms with Crippen molar-refractivity contribution in [1.29, 1.82) is 0 Å². The van der Waals surface area contributed by atoms with Gasteiger partial charge in [0, 0.05) is 0 Å². The summed E-state index contributed by atoms with van der Waals surface area (Å²) in [6.07, 6.45) is 5.74. The van der Waals surface area contributed by atoms with E-state index in [1.807, 2.05) is 43.6 Å². The van der Waals surface area contributed by atoms with Crippen LogP contribution in [0.4, 0.5) is 34.5 Å². The van der Waals surface area contributed by atoms with Crippen LogP contribution in [0.5, 0.6) is 0 Å². The molecule has 3 aromatic rings. The number of hydrogen-bond donors (Lipinski definition) is 0. The van der Waals surface area contributed by atoms with Gasteiger partial charge in [-0.2, -0.15) is 0 Å². The van der Waals surface area contributed by atoms with Crippen molar-refractivity contribution >= 4 is 25.5 Å². The van der Waals surface area contributed by atoms with Crippen LogP contribution in [-0.2, 0) is 14.1 Å². The van der Waals surface area contributed by atoms with Gasteiger partial charge in [0.05, 0.1) is 7.05 Å². The predicted octanol–water partition coefficient (Wildman–Crippen LogP) is 2.40. The van der Waals surface area contributed by atoms with Gasteiger partial charge in [-0.25, -0.2) is 4.57 Å². The zero-order valence-corrected chi connectivity index (χ0v) is 13.5. The van der Waals surface area contributed by atoms with Crippen molar-refractivity contribution in [3.8, 4) is 0 Å². The molecule has 0 saturated heterocycles. The number of benzene rings is 1. The molecule has 0 aliphatic heterocycles. The summed E-state index contributed by atoms with van der Waals surface area (Å²) in [7, 11) is -8.06. The summed E-state index contributed by atoms with van der Waals surface area (Å²) in [5.74, 6) is 0. The van der Waals surface area contributed by atoms with E-state index in [0.29, 0.717) is 0 Å². The minimum atomic E-state index is -6.00. The summed E-state index contributed by atoms with van der Waals surface area (Å²) < 4.78 is 85.9. The first-order valence-corrected chi connectivity index (χ1v) is 6.86. The van der Waals surface area contributed by atoms with E-state index >= 15 is 0 Å². The molecule has 144 valence electrons. The fourth-order valence-electron chi connectivity index (χ4n) is 1.91. The average Bonchev–Trinajstić information content (AvgIpc) is 3.00. The van der Waals surface area contributed by atoms with Crippen molar-refractivity contribution in [3.63, 3.8) is 0 Å². The number of hydrogen-bond acceptors (Lipinski definition) is 1. The van der Waals surface area contributed by atoms with Gasteiger partial charge in [-0.15, -0.1) is 4.68 Å². The van der Waals surface area contributed by atoms with Crippen LogP contribution in [0.2, 0.25) is 0 Å². The Morgan fingerprint density at radius 1 is 0.846 bits per heavy atom. The summed E-state index contributed by atoms with van der Waals surface area (Å²) >= 11 is 0. The van der Waals surface area contributed by atoms with Gasteiger partial charge in [0.1, 0.15) is 7.05 Å². The van der Waals surface area contributed by atoms with Crippen LogP contribution < -0.4 is 9.25 Å². The molecule has 0 radical (unpaired) electrons. The van der Waals surface area contributed by atoms with Crippen molar-refractivity contribution in [2.75, 3.05) is 0 Å². The molecule has 5 nitrogen and oxygen atoms in total. The normalized spacial score (nSPS) is 11.5. The molecule has 1 aromatic carbocycles. The van der Waals surface area contributed by atoms with Crippen molar-refractivity contribution in [2.45, 2.75) is 0 Å². The van der Waals surface area contributed by atoms with Crippen LogP contribution in [0.3, 0.4) is 0 Å². The van der Waals surface area contributed by atoms with Crippen LogP contribution in [-0.4, -0.2) is 29.0 Å². The van der Waals surface area contributed by atoms with E-state index in [-0.39, 0.29) is 0 Å². The maximum absolute atomic E-state index is 9.75. The summed E-state index contributed by atoms with van der Waals surface area (Å²) in [4.78, 5) is 0. The Kier molecular flexibility index (Phi) is 6.75. The van der Waals surface area contributed by atoms with E-state index in [2.05, 4.69) is 26.5 Å². The minimum absolute atomic E-state index is 1.16. The number of aromatic nitrogens is 5. The molecule has 0 amide bonds. The first-order valence-electron chi connectivity index (χ1n) is 6.86. The van der Waals surface area contributed by atoms with Gasteiger partial charge in [0.15, 0.2) is 5.52 Å². The first kappa shape index (κ1) is 21.4. The number of nitrogens with zero attached hydrogens (tertiary/aromatic N) is 5. The third-order valence-corrected chi connectivity index (χ3v) is 2.68. The number of para-hydroxylation sites is 2. The third kappa shape index (κ3) is 7.98. The largest absolute Gasteiger partial charge is 0.673 e. The molecule has 0 fully saturated rings. The van der Waals surface area contributed by atoms with E-state index in [1.165, 1.54) is 5.52 Å². The Hall–Kier alpha value is -2.60. The first-order chi connectivity index (χ1) is 11.8. The van der Waals surface area contributed by atoms with Gasteiger partial charge < -0.3 is 34.5 Å². The Bertz CT molecular complexity index is 817. The third-order valence-electron chi connectivity index (χ3n) is 2.68. The number of rotatable bonds is 1. The highest BCUT2D eigenvalue weighted by Gasteiger charge is 2.21. The fourth-order valence-corrected chi connectivity index (χ4v) is 1.91. The van der Waals surface area contributed by atoms with Gasteiger partial charge in [0.25, 0.3) is 12.7 Å². The minimum Gasteiger partial charge on any atom is -0.418 e. The predicted molar refractivity (Wildman–Crippen MR) is 77.7 cm³/mol. The SMILES string of the molecule is C[n+]1cn(-n2c[n+](C)c3ccccc32)cn1.F[B-](F)(F)F.F[B-](F)(F)F. The van der Waals surface area contributed by atoms with Gasteiger partial charge in [-0.3, -0.25) is 0 Å². The molecule has 2 aromatic heterocycles. The van der Waals surface area contributed by atoms with Crippen molar-refractivity contribution < 1.29 is 43.8 Å². The van der Waals surface area contributed by atoms with E-state index in [4.69, 9.17) is 0 Å². The van der Waals surface area contributed by atoms with Gasteiger partial charge in [-0.05, 0) is 26.6 Å². The molecule has 0 atom stereocenters. The molecule has 0 N–H and O–H groups in total. The van der Waals surface area contributed by atoms with Crippen molar-refractivity contribution in [3.05, 3.63) is 43.2 Å². The molecule has 15 heteroatoms. The van der Waals surface area contributed by atoms with Crippen LogP contribution in [0.1, 0.15) is 0 Å². The summed E-state index contributed by atoms with van der Waals surface area (Å²) in [5.41, 5.74) is 2.35. The topological polar surface area (TPSA) is 30.5 Å². The summed E-state index contributed by atoms with van der Waals surface area (Å²) in [6, 6.07) is 8.27. The Labute approximate surface area is 142 Å². The molecule has 3 rings (SSSR count). The second kappa shape index (κ2) is 8.19. The Morgan fingerprint density at radius 3 is 1.81 bits per heavy atom. The highest BCUT2D eigenvalue weighted by atomic mass is 19.5. The van der Waals surface area contributed by atoms with E-state index in [1.54, 1.807) is 11.0 Å². The zero-order chi connectivity index (χ0) is 20.1. The molecule has 26 heavy (non-hydrogen) atoms. The summed E-state index contributed by atoms with van der Waals surface area (Å²) in [6.45, 7) is 0. The highest BCUT2D eigenvalue weighted by molar-refractivity contribution is 6.50. The molecule has 2 heterocycles. The van der Waals surface area contributed by atoms with Crippen molar-refractivity contribution in [2.24, 2.45) is 14.1 Å². The molecule has 0 aliphatic carbocycles. The Morgan fingerprint density at radius 2 is 1.35 bits per heavy atom. The van der Waals surface area contributed by atoms with Crippen molar-refractivity contribution in [1.82, 2.24) is 14.5 Å². The number of fused-ring (bicyclic) bond motifs is 1. The maximum Gasteiger partial charge on any atom is 0.673 e. The van der Waals surface area contributed by atoms with Gasteiger partial charge in [-0.1, -0.05) is 12.1 Å². The maximum atomic E-state index is 9.75. The fraction of sp³-hybridized carbons (Fsp3) is 0.182. The molecule has 0 aliphatic rings. The molecule has 0 unspecified atom stereocenters. The quantitative estimate of drug-likeness (QED) is 0.358. The smallest absolute Gasteiger partial charge is 0.418 e. The van der Waals surface area contributed by atoms with Gasteiger partial charge >= 0.3 is 20.8 Å². The van der Waals surface area contributed by atoms with E-state index in [9.17, 15) is 34.5 Å². The Balaban J connectivity index is 0.000000284. The summed E-state index contributed by atoms with van der Waals surface area (Å²) in [5, 5.41) is 4.16. The monoisotopic (exact) mass is 389 g/mol. The molecular weight excluding hydrogens is 376 g/mol. The van der Waals surface area contributed by atoms with Crippen LogP contribution in [0.25, 0.3) is 11.0 Å². The number of imidazole rings is 1. The standard InChI is InChI=1S/C11H13N5.2BF4/c1-13-8-16(15-7-12-14(2)9-15)11-6-4-3-5-10(11)13;2*2-1(3,4)5/h3-9H,1-2H3;;/q+2;2*-1. The second-order valence-corrected chi connectivity index (χ2v) is 4.85. The van der Waals surface area contributed by atoms with Crippen LogP contribution >= 0.6 is 0 Å². The average molecular weight is 389 g/mol. The zero-order valence-electron chi connectivity index (χ0n) is 13.5. The van der Waals surface area contributed by atoms with Gasteiger partial charge in [0.2, 0.25) is 5.52 Å². The molecular formula is C11H13B2F8N5. The lowest BCUT2D eigenvalue weighted by atomic mass is 10.3. The lowest BCUT2D eigenvalue weighted by Gasteiger charge is -1.94. The van der Waals surface area contributed by atoms with Crippen LogP contribution in [0.15, 0.2) is 43.2 Å². The lowest BCUT2D eigenvalue weighted by Crippen LogP contribution is -2.29. The highest BCUT2D eigenvalue weighted by Crippen LogP contribution is 2.09. The molecule has 0 saturated carbocycles. The van der Waals surface area contributed by atoms with E-state index in [0.717, 1.165) is 5.52 Å². The van der Waals surface area contributed by atoms with Crippen LogP contribution in [0, 0.1) is 0 Å². The number of halogens is 8. The second-order valence-electron chi connectivity index (χ2n) is 4.85. The molecule has 0 spiro atoms.